The molecule has 0 aromatic carbocycles. The Morgan fingerprint density at radius 1 is 1.08 bits per heavy atom. The fraction of sp³-hybridized carbons (Fsp3) is 0.944. The lowest BCUT2D eigenvalue weighted by Crippen LogP contribution is -2.54. The maximum absolute atomic E-state index is 11.9. The Hall–Kier alpha value is -0.433. The van der Waals surface area contributed by atoms with Crippen LogP contribution in [0.2, 0.25) is 5.54 Å². The van der Waals surface area contributed by atoms with Gasteiger partial charge in [0.15, 0.2) is 0 Å². The van der Waals surface area contributed by atoms with E-state index in [1.165, 1.54) is 0 Å². The number of hydrogen-bond acceptors (Lipinski definition) is 4. The monoisotopic (exact) mass is 358 g/mol. The van der Waals surface area contributed by atoms with Crippen molar-refractivity contribution < 1.29 is 23.2 Å². The van der Waals surface area contributed by atoms with Crippen molar-refractivity contribution in [3.8, 4) is 0 Å². The van der Waals surface area contributed by atoms with Gasteiger partial charge in [0.05, 0.1) is 5.92 Å². The minimum absolute atomic E-state index is 0.0651. The van der Waals surface area contributed by atoms with Gasteiger partial charge in [-0.15, -0.1) is 0 Å². The van der Waals surface area contributed by atoms with E-state index >= 15 is 0 Å². The third-order valence-electron chi connectivity index (χ3n) is 6.27. The minimum Gasteiger partial charge on any atom is -0.481 e. The first-order valence-electron chi connectivity index (χ1n) is 9.32. The summed E-state index contributed by atoms with van der Waals surface area (Å²) in [5, 5.41) is 9.78. The topological polar surface area (TPSA) is 65.0 Å². The van der Waals surface area contributed by atoms with Crippen LogP contribution in [-0.4, -0.2) is 39.7 Å². The molecule has 2 aliphatic carbocycles. The van der Waals surface area contributed by atoms with Gasteiger partial charge in [0.2, 0.25) is 0 Å². The average Bonchev–Trinajstić information content (AvgIpc) is 3.04. The molecular weight excluding hydrogens is 324 g/mol. The molecule has 2 aliphatic rings. The van der Waals surface area contributed by atoms with Gasteiger partial charge in [-0.1, -0.05) is 20.8 Å². The number of aliphatic carboxylic acids is 1. The quantitative estimate of drug-likeness (QED) is 0.666. The number of carbonyl (C=O) groups is 1. The lowest BCUT2D eigenvalue weighted by Gasteiger charge is -2.47. The number of rotatable bonds is 8. The van der Waals surface area contributed by atoms with Crippen molar-refractivity contribution >= 4 is 14.8 Å². The van der Waals surface area contributed by atoms with Crippen LogP contribution < -0.4 is 0 Å². The first-order valence-corrected chi connectivity index (χ1v) is 11.1. The summed E-state index contributed by atoms with van der Waals surface area (Å²) in [6, 6.07) is 0. The summed E-state index contributed by atoms with van der Waals surface area (Å²) < 4.78 is 18.4. The number of hydrogen-bond donors (Lipinski definition) is 1. The third-order valence-corrected chi connectivity index (χ3v) is 9.92. The minimum atomic E-state index is -2.80. The summed E-state index contributed by atoms with van der Waals surface area (Å²) in [6.07, 6.45) is 2.50. The van der Waals surface area contributed by atoms with Crippen LogP contribution in [0, 0.1) is 22.7 Å². The van der Waals surface area contributed by atoms with E-state index < -0.39 is 14.8 Å². The predicted octanol–water partition coefficient (Wildman–Crippen LogP) is 3.95. The van der Waals surface area contributed by atoms with Crippen LogP contribution in [-0.2, 0) is 18.1 Å². The Kier molecular flexibility index (Phi) is 5.85. The van der Waals surface area contributed by atoms with Crippen molar-refractivity contribution in [3.63, 3.8) is 0 Å². The molecule has 0 radical (unpaired) electrons. The highest BCUT2D eigenvalue weighted by Crippen LogP contribution is 2.70. The Balaban J connectivity index is 2.39. The van der Waals surface area contributed by atoms with Gasteiger partial charge >= 0.3 is 14.8 Å². The van der Waals surface area contributed by atoms with Gasteiger partial charge < -0.3 is 18.4 Å². The zero-order chi connectivity index (χ0) is 18.2. The van der Waals surface area contributed by atoms with Crippen LogP contribution in [0.1, 0.15) is 60.8 Å². The predicted molar refractivity (Wildman–Crippen MR) is 94.7 cm³/mol. The molecule has 2 rings (SSSR count). The second-order valence-electron chi connectivity index (χ2n) is 8.21. The van der Waals surface area contributed by atoms with Crippen molar-refractivity contribution in [2.24, 2.45) is 22.7 Å². The number of fused-ring (bicyclic) bond motifs is 2. The maximum atomic E-state index is 11.9. The molecule has 2 bridgehead atoms. The Labute approximate surface area is 147 Å². The average molecular weight is 359 g/mol. The van der Waals surface area contributed by atoms with Crippen LogP contribution in [0.3, 0.4) is 0 Å². The van der Waals surface area contributed by atoms with Crippen molar-refractivity contribution in [1.82, 2.24) is 0 Å². The van der Waals surface area contributed by atoms with Gasteiger partial charge in [0.25, 0.3) is 0 Å². The molecule has 0 aromatic rings. The SMILES string of the molecule is CCO[Si](OCC)(OCC)C1CC2(C(C)(C)C)CC1CC2C(=O)O. The summed E-state index contributed by atoms with van der Waals surface area (Å²) in [5.74, 6) is -0.598. The standard InChI is InChI=1S/C18H34O5Si/c1-7-21-24(22-8-2,23-9-3)15-12-18(17(4,5)6)11-13(15)10-14(18)16(19)20/h13-15H,7-12H2,1-6H3,(H,19,20). The van der Waals surface area contributed by atoms with Gasteiger partial charge in [-0.05, 0) is 56.8 Å². The second kappa shape index (κ2) is 7.06. The van der Waals surface area contributed by atoms with E-state index in [-0.39, 0.29) is 22.3 Å². The molecule has 0 saturated heterocycles. The van der Waals surface area contributed by atoms with Gasteiger partial charge in [0.1, 0.15) is 0 Å². The van der Waals surface area contributed by atoms with Crippen LogP contribution in [0.25, 0.3) is 0 Å². The second-order valence-corrected chi connectivity index (χ2v) is 11.0. The molecule has 4 unspecified atom stereocenters. The van der Waals surface area contributed by atoms with Gasteiger partial charge in [0, 0.05) is 25.4 Å². The molecular formula is C18H34O5Si. The summed E-state index contributed by atoms with van der Waals surface area (Å²) in [7, 11) is -2.80. The molecule has 5 nitrogen and oxygen atoms in total. The zero-order valence-electron chi connectivity index (χ0n) is 16.1. The van der Waals surface area contributed by atoms with Crippen LogP contribution in [0.5, 0.6) is 0 Å². The van der Waals surface area contributed by atoms with E-state index in [2.05, 4.69) is 20.8 Å². The maximum Gasteiger partial charge on any atom is 0.504 e. The lowest BCUT2D eigenvalue weighted by molar-refractivity contribution is -0.150. The highest BCUT2D eigenvalue weighted by atomic mass is 28.4. The summed E-state index contributed by atoms with van der Waals surface area (Å²) in [6.45, 7) is 14.2. The van der Waals surface area contributed by atoms with Crippen molar-refractivity contribution in [3.05, 3.63) is 0 Å². The van der Waals surface area contributed by atoms with E-state index in [1.54, 1.807) is 0 Å². The highest BCUT2D eigenvalue weighted by molar-refractivity contribution is 6.62. The first kappa shape index (κ1) is 19.9. The molecule has 140 valence electrons. The normalized spacial score (nSPS) is 33.2. The summed E-state index contributed by atoms with van der Waals surface area (Å²) in [5.41, 5.74) is -0.0469. The molecule has 0 aliphatic heterocycles. The van der Waals surface area contributed by atoms with E-state index in [9.17, 15) is 9.90 Å². The fourth-order valence-electron chi connectivity index (χ4n) is 5.25. The van der Waals surface area contributed by atoms with Crippen molar-refractivity contribution in [2.75, 3.05) is 19.8 Å². The number of carboxylic acids is 1. The van der Waals surface area contributed by atoms with Gasteiger partial charge in [-0.3, -0.25) is 4.79 Å². The zero-order valence-corrected chi connectivity index (χ0v) is 17.1. The van der Waals surface area contributed by atoms with Crippen molar-refractivity contribution in [2.45, 2.75) is 66.3 Å². The van der Waals surface area contributed by atoms with E-state index in [0.717, 1.165) is 19.3 Å². The molecule has 6 heteroatoms. The van der Waals surface area contributed by atoms with Gasteiger partial charge in [-0.2, -0.15) is 0 Å². The molecule has 0 heterocycles. The molecule has 0 spiro atoms. The highest BCUT2D eigenvalue weighted by Gasteiger charge is 2.69. The fourth-order valence-corrected chi connectivity index (χ4v) is 8.79. The van der Waals surface area contributed by atoms with E-state index in [0.29, 0.717) is 25.7 Å². The Bertz CT molecular complexity index is 444. The summed E-state index contributed by atoms with van der Waals surface area (Å²) >= 11 is 0. The van der Waals surface area contributed by atoms with E-state index in [1.807, 2.05) is 20.8 Å². The van der Waals surface area contributed by atoms with Gasteiger partial charge in [-0.25, -0.2) is 0 Å². The molecule has 4 atom stereocenters. The number of carboxylic acid groups (broad SMARTS) is 1. The first-order chi connectivity index (χ1) is 11.2. The molecule has 0 aromatic heterocycles. The smallest absolute Gasteiger partial charge is 0.481 e. The Morgan fingerprint density at radius 2 is 1.58 bits per heavy atom. The van der Waals surface area contributed by atoms with Crippen molar-refractivity contribution in [1.29, 1.82) is 0 Å². The molecule has 24 heavy (non-hydrogen) atoms. The molecule has 1 N–H and O–H groups in total. The molecule has 2 fully saturated rings. The van der Waals surface area contributed by atoms with Crippen LogP contribution >= 0.6 is 0 Å². The largest absolute Gasteiger partial charge is 0.504 e. The van der Waals surface area contributed by atoms with E-state index in [4.69, 9.17) is 13.3 Å². The third kappa shape index (κ3) is 3.06. The molecule has 0 amide bonds. The van der Waals surface area contributed by atoms with Crippen LogP contribution in [0.15, 0.2) is 0 Å². The lowest BCUT2D eigenvalue weighted by atomic mass is 9.60. The summed E-state index contributed by atoms with van der Waals surface area (Å²) in [4.78, 5) is 11.9. The molecule has 2 saturated carbocycles. The van der Waals surface area contributed by atoms with Crippen LogP contribution in [0.4, 0.5) is 0 Å². The Morgan fingerprint density at radius 3 is 1.96 bits per heavy atom.